The van der Waals surface area contributed by atoms with Crippen LogP contribution in [0.15, 0.2) is 18.2 Å². The fourth-order valence-corrected chi connectivity index (χ4v) is 0.963. The first-order valence-corrected chi connectivity index (χ1v) is 4.83. The van der Waals surface area contributed by atoms with E-state index in [-0.39, 0.29) is 0 Å². The highest BCUT2D eigenvalue weighted by atomic mass is 19.4. The number of hydrogen-bond acceptors (Lipinski definition) is 3. The van der Waals surface area contributed by atoms with Crippen molar-refractivity contribution in [3.63, 3.8) is 0 Å². The number of rotatable bonds is 5. The maximum absolute atomic E-state index is 13.0. The van der Waals surface area contributed by atoms with Crippen LogP contribution in [0.3, 0.4) is 0 Å². The zero-order chi connectivity index (χ0) is 14.5. The lowest BCUT2D eigenvalue weighted by Crippen LogP contribution is -2.32. The van der Waals surface area contributed by atoms with Gasteiger partial charge in [0.15, 0.2) is 24.8 Å². The molecule has 0 aromatic heterocycles. The first-order valence-electron chi connectivity index (χ1n) is 4.83. The van der Waals surface area contributed by atoms with Crippen molar-refractivity contribution in [2.75, 3.05) is 13.2 Å². The average Bonchev–Trinajstić information content (AvgIpc) is 2.26. The number of amides is 1. The van der Waals surface area contributed by atoms with E-state index in [4.69, 9.17) is 0 Å². The van der Waals surface area contributed by atoms with Gasteiger partial charge in [-0.25, -0.2) is 14.3 Å². The lowest BCUT2D eigenvalue weighted by atomic mass is 10.3. The molecule has 4 nitrogen and oxygen atoms in total. The third-order valence-corrected chi connectivity index (χ3v) is 1.67. The predicted molar refractivity (Wildman–Crippen MR) is 52.0 cm³/mol. The van der Waals surface area contributed by atoms with E-state index >= 15 is 0 Å². The Bertz CT molecular complexity index is 449. The van der Waals surface area contributed by atoms with E-state index in [0.29, 0.717) is 6.07 Å². The van der Waals surface area contributed by atoms with Gasteiger partial charge in [0, 0.05) is 6.07 Å². The Balaban J connectivity index is 2.34. The fraction of sp³-hybridized carbons (Fsp3) is 0.300. The minimum absolute atomic E-state index is 0.410. The molecule has 1 aromatic rings. The van der Waals surface area contributed by atoms with Crippen molar-refractivity contribution >= 4 is 5.91 Å². The van der Waals surface area contributed by atoms with Crippen LogP contribution < -0.4 is 10.2 Å². The molecule has 1 aromatic carbocycles. The number of carbonyl (C=O) groups is 1. The number of benzene rings is 1. The first-order chi connectivity index (χ1) is 8.78. The predicted octanol–water partition coefficient (Wildman–Crippen LogP) is 1.95. The molecule has 0 spiro atoms. The van der Waals surface area contributed by atoms with Crippen molar-refractivity contribution in [3.05, 3.63) is 29.8 Å². The summed E-state index contributed by atoms with van der Waals surface area (Å²) >= 11 is 0. The largest absolute Gasteiger partial charge is 0.481 e. The third-order valence-electron chi connectivity index (χ3n) is 1.67. The quantitative estimate of drug-likeness (QED) is 0.664. The van der Waals surface area contributed by atoms with Gasteiger partial charge in [0.05, 0.1) is 0 Å². The summed E-state index contributed by atoms with van der Waals surface area (Å²) in [5.41, 5.74) is 1.46. The van der Waals surface area contributed by atoms with Gasteiger partial charge >= 0.3 is 6.18 Å². The molecule has 0 radical (unpaired) electrons. The van der Waals surface area contributed by atoms with Crippen molar-refractivity contribution in [2.24, 2.45) is 0 Å². The second-order valence-electron chi connectivity index (χ2n) is 3.29. The summed E-state index contributed by atoms with van der Waals surface area (Å²) in [7, 11) is 0. The Morgan fingerprint density at radius 1 is 1.26 bits per heavy atom. The normalized spacial score (nSPS) is 11.2. The summed E-state index contributed by atoms with van der Waals surface area (Å²) < 4.78 is 65.1. The number of halogens is 5. The summed E-state index contributed by atoms with van der Waals surface area (Å²) in [6.07, 6.45) is -4.59. The SMILES string of the molecule is O=C(COc1ccc(F)cc1F)NOCC(F)(F)F. The van der Waals surface area contributed by atoms with Gasteiger partial charge in [-0.3, -0.25) is 9.63 Å². The van der Waals surface area contributed by atoms with E-state index in [9.17, 15) is 26.7 Å². The van der Waals surface area contributed by atoms with Crippen LogP contribution in [0.4, 0.5) is 22.0 Å². The molecular weight excluding hydrogens is 277 g/mol. The van der Waals surface area contributed by atoms with Crippen LogP contribution >= 0.6 is 0 Å². The molecular formula is C10H8F5NO3. The summed E-state index contributed by atoms with van der Waals surface area (Å²) in [5, 5.41) is 0. The molecule has 9 heteroatoms. The van der Waals surface area contributed by atoms with Gasteiger partial charge in [0.2, 0.25) is 0 Å². The van der Waals surface area contributed by atoms with Crippen LogP contribution in [0.2, 0.25) is 0 Å². The second kappa shape index (κ2) is 6.32. The standard InChI is InChI=1S/C10H8F5NO3/c11-6-1-2-8(7(12)3-6)18-4-9(17)16-19-5-10(13,14)15/h1-3H,4-5H2,(H,16,17). The van der Waals surface area contributed by atoms with Crippen LogP contribution in [0.5, 0.6) is 5.75 Å². The van der Waals surface area contributed by atoms with Crippen LogP contribution in [0.1, 0.15) is 0 Å². The molecule has 0 fully saturated rings. The third kappa shape index (κ3) is 6.00. The number of hydroxylamine groups is 1. The van der Waals surface area contributed by atoms with Crippen LogP contribution in [-0.4, -0.2) is 25.3 Å². The van der Waals surface area contributed by atoms with Crippen LogP contribution in [-0.2, 0) is 9.63 Å². The molecule has 0 unspecified atom stereocenters. The number of carbonyl (C=O) groups excluding carboxylic acids is 1. The first kappa shape index (κ1) is 15.2. The topological polar surface area (TPSA) is 47.6 Å². The van der Waals surface area contributed by atoms with E-state index < -0.39 is 42.7 Å². The average molecular weight is 285 g/mol. The Labute approximate surface area is 104 Å². The van der Waals surface area contributed by atoms with E-state index in [1.54, 1.807) is 0 Å². The molecule has 0 saturated carbocycles. The molecule has 0 aliphatic rings. The highest BCUT2D eigenvalue weighted by Gasteiger charge is 2.28. The minimum atomic E-state index is -4.59. The van der Waals surface area contributed by atoms with E-state index in [2.05, 4.69) is 9.57 Å². The van der Waals surface area contributed by atoms with Crippen molar-refractivity contribution in [1.29, 1.82) is 0 Å². The summed E-state index contributed by atoms with van der Waals surface area (Å²) in [6, 6.07) is 2.37. The van der Waals surface area contributed by atoms with E-state index in [1.807, 2.05) is 0 Å². The van der Waals surface area contributed by atoms with Gasteiger partial charge in [-0.05, 0) is 12.1 Å². The van der Waals surface area contributed by atoms with Crippen molar-refractivity contribution in [2.45, 2.75) is 6.18 Å². The van der Waals surface area contributed by atoms with Crippen molar-refractivity contribution < 1.29 is 36.3 Å². The maximum Gasteiger partial charge on any atom is 0.414 e. The van der Waals surface area contributed by atoms with Crippen LogP contribution in [0.25, 0.3) is 0 Å². The maximum atomic E-state index is 13.0. The highest BCUT2D eigenvalue weighted by Crippen LogP contribution is 2.17. The van der Waals surface area contributed by atoms with Gasteiger partial charge in [-0.2, -0.15) is 13.2 Å². The van der Waals surface area contributed by atoms with Crippen molar-refractivity contribution in [1.82, 2.24) is 5.48 Å². The molecule has 0 atom stereocenters. The summed E-state index contributed by atoms with van der Waals surface area (Å²) in [4.78, 5) is 14.8. The molecule has 106 valence electrons. The Morgan fingerprint density at radius 3 is 2.53 bits per heavy atom. The molecule has 19 heavy (non-hydrogen) atoms. The van der Waals surface area contributed by atoms with Gasteiger partial charge < -0.3 is 4.74 Å². The number of nitrogens with one attached hydrogen (secondary N) is 1. The Hall–Kier alpha value is -1.90. The molecule has 0 heterocycles. The highest BCUT2D eigenvalue weighted by molar-refractivity contribution is 5.76. The van der Waals surface area contributed by atoms with Crippen LogP contribution in [0, 0.1) is 11.6 Å². The smallest absolute Gasteiger partial charge is 0.414 e. The Morgan fingerprint density at radius 2 is 1.95 bits per heavy atom. The molecule has 1 N–H and O–H groups in total. The number of ether oxygens (including phenoxy) is 1. The van der Waals surface area contributed by atoms with Gasteiger partial charge in [0.1, 0.15) is 5.82 Å². The molecule has 1 rings (SSSR count). The number of alkyl halides is 3. The van der Waals surface area contributed by atoms with E-state index in [0.717, 1.165) is 12.1 Å². The zero-order valence-electron chi connectivity index (χ0n) is 9.26. The Kier molecular flexibility index (Phi) is 5.04. The summed E-state index contributed by atoms with van der Waals surface area (Å²) in [6.45, 7) is -2.44. The molecule has 1 amide bonds. The lowest BCUT2D eigenvalue weighted by molar-refractivity contribution is -0.192. The van der Waals surface area contributed by atoms with Gasteiger partial charge in [0.25, 0.3) is 5.91 Å². The lowest BCUT2D eigenvalue weighted by Gasteiger charge is -2.09. The zero-order valence-corrected chi connectivity index (χ0v) is 9.26. The summed E-state index contributed by atoms with van der Waals surface area (Å²) in [5.74, 6) is -3.33. The van der Waals surface area contributed by atoms with Crippen molar-refractivity contribution in [3.8, 4) is 5.75 Å². The second-order valence-corrected chi connectivity index (χ2v) is 3.29. The van der Waals surface area contributed by atoms with Gasteiger partial charge in [-0.15, -0.1) is 0 Å². The molecule has 0 saturated heterocycles. The van der Waals surface area contributed by atoms with Gasteiger partial charge in [-0.1, -0.05) is 0 Å². The molecule has 0 bridgehead atoms. The number of hydrogen-bond donors (Lipinski definition) is 1. The minimum Gasteiger partial charge on any atom is -0.481 e. The fourth-order valence-electron chi connectivity index (χ4n) is 0.963. The molecule has 0 aliphatic carbocycles. The van der Waals surface area contributed by atoms with E-state index in [1.165, 1.54) is 5.48 Å². The molecule has 0 aliphatic heterocycles. The monoisotopic (exact) mass is 285 g/mol.